The summed E-state index contributed by atoms with van der Waals surface area (Å²) in [5, 5.41) is 9.48. The number of aromatic amines is 1. The monoisotopic (exact) mass is 293 g/mol. The lowest BCUT2D eigenvalue weighted by Crippen LogP contribution is -2.00. The third kappa shape index (κ3) is 2.35. The summed E-state index contributed by atoms with van der Waals surface area (Å²) < 4.78 is 5.39. The molecule has 110 valence electrons. The standard InChI is InChI=1S/C18H15NO3/c1-22-15-10-6-5-9-13(15)16-14(11-19-17(16)18(20)21)12-7-3-2-4-8-12/h2-11,19H,1H3,(H,20,21). The third-order valence-corrected chi connectivity index (χ3v) is 3.56. The summed E-state index contributed by atoms with van der Waals surface area (Å²) in [4.78, 5) is 14.4. The van der Waals surface area contributed by atoms with E-state index in [9.17, 15) is 9.90 Å². The van der Waals surface area contributed by atoms with Crippen LogP contribution in [0.3, 0.4) is 0 Å². The van der Waals surface area contributed by atoms with E-state index in [1.165, 1.54) is 0 Å². The van der Waals surface area contributed by atoms with E-state index >= 15 is 0 Å². The van der Waals surface area contributed by atoms with Crippen LogP contribution >= 0.6 is 0 Å². The van der Waals surface area contributed by atoms with Crippen LogP contribution < -0.4 is 4.74 Å². The van der Waals surface area contributed by atoms with E-state index in [0.29, 0.717) is 11.3 Å². The summed E-state index contributed by atoms with van der Waals surface area (Å²) in [6.07, 6.45) is 1.72. The number of ether oxygens (including phenoxy) is 1. The van der Waals surface area contributed by atoms with E-state index in [-0.39, 0.29) is 5.69 Å². The summed E-state index contributed by atoms with van der Waals surface area (Å²) in [7, 11) is 1.58. The molecule has 0 aliphatic carbocycles. The van der Waals surface area contributed by atoms with Crippen molar-refractivity contribution in [2.24, 2.45) is 0 Å². The predicted molar refractivity (Wildman–Crippen MR) is 85.2 cm³/mol. The van der Waals surface area contributed by atoms with Gasteiger partial charge in [-0.2, -0.15) is 0 Å². The number of hydrogen-bond acceptors (Lipinski definition) is 2. The zero-order chi connectivity index (χ0) is 15.5. The van der Waals surface area contributed by atoms with Crippen molar-refractivity contribution in [1.82, 2.24) is 4.98 Å². The average Bonchev–Trinajstić information content (AvgIpc) is 3.00. The van der Waals surface area contributed by atoms with Gasteiger partial charge in [0.1, 0.15) is 11.4 Å². The second kappa shape index (κ2) is 5.77. The number of carbonyl (C=O) groups is 1. The number of hydrogen-bond donors (Lipinski definition) is 2. The van der Waals surface area contributed by atoms with Gasteiger partial charge in [0.2, 0.25) is 0 Å². The highest BCUT2D eigenvalue weighted by atomic mass is 16.5. The second-order valence-electron chi connectivity index (χ2n) is 4.82. The highest BCUT2D eigenvalue weighted by Crippen LogP contribution is 2.39. The Bertz CT molecular complexity index is 806. The van der Waals surface area contributed by atoms with E-state index in [1.807, 2.05) is 54.6 Å². The fraction of sp³-hybridized carbons (Fsp3) is 0.0556. The Balaban J connectivity index is 2.29. The van der Waals surface area contributed by atoms with Gasteiger partial charge in [-0.25, -0.2) is 4.79 Å². The first kappa shape index (κ1) is 13.9. The number of aromatic carboxylic acids is 1. The summed E-state index contributed by atoms with van der Waals surface area (Å²) >= 11 is 0. The maximum Gasteiger partial charge on any atom is 0.352 e. The van der Waals surface area contributed by atoms with Gasteiger partial charge in [-0.3, -0.25) is 0 Å². The molecular weight excluding hydrogens is 278 g/mol. The molecule has 2 aromatic carbocycles. The van der Waals surface area contributed by atoms with Gasteiger partial charge in [0.15, 0.2) is 0 Å². The molecule has 4 nitrogen and oxygen atoms in total. The van der Waals surface area contributed by atoms with Gasteiger partial charge in [0.25, 0.3) is 0 Å². The molecule has 0 saturated carbocycles. The Kier molecular flexibility index (Phi) is 3.66. The molecule has 0 atom stereocenters. The van der Waals surface area contributed by atoms with Crippen LogP contribution in [0.1, 0.15) is 10.5 Å². The molecule has 1 heterocycles. The van der Waals surface area contributed by atoms with E-state index in [1.54, 1.807) is 13.3 Å². The Hall–Kier alpha value is -3.01. The van der Waals surface area contributed by atoms with Crippen molar-refractivity contribution in [3.63, 3.8) is 0 Å². The van der Waals surface area contributed by atoms with Crippen molar-refractivity contribution in [2.45, 2.75) is 0 Å². The molecule has 1 aromatic heterocycles. The largest absolute Gasteiger partial charge is 0.496 e. The Morgan fingerprint density at radius 2 is 1.68 bits per heavy atom. The van der Waals surface area contributed by atoms with Gasteiger partial charge in [-0.1, -0.05) is 48.5 Å². The SMILES string of the molecule is COc1ccccc1-c1c(-c2ccccc2)c[nH]c1C(=O)O. The number of benzene rings is 2. The zero-order valence-electron chi connectivity index (χ0n) is 12.0. The second-order valence-corrected chi connectivity index (χ2v) is 4.82. The highest BCUT2D eigenvalue weighted by Gasteiger charge is 2.21. The molecule has 0 unspecified atom stereocenters. The molecule has 0 aliphatic rings. The molecular formula is C18H15NO3. The number of methoxy groups -OCH3 is 1. The first-order chi connectivity index (χ1) is 10.7. The molecule has 22 heavy (non-hydrogen) atoms. The van der Waals surface area contributed by atoms with Crippen LogP contribution in [-0.2, 0) is 0 Å². The lowest BCUT2D eigenvalue weighted by molar-refractivity contribution is 0.0692. The normalized spacial score (nSPS) is 10.4. The molecule has 4 heteroatoms. The first-order valence-corrected chi connectivity index (χ1v) is 6.86. The fourth-order valence-electron chi connectivity index (χ4n) is 2.57. The van der Waals surface area contributed by atoms with E-state index in [2.05, 4.69) is 4.98 Å². The van der Waals surface area contributed by atoms with Crippen LogP contribution in [0.15, 0.2) is 60.8 Å². The minimum Gasteiger partial charge on any atom is -0.496 e. The van der Waals surface area contributed by atoms with Gasteiger partial charge in [-0.05, 0) is 11.6 Å². The zero-order valence-corrected chi connectivity index (χ0v) is 12.0. The predicted octanol–water partition coefficient (Wildman–Crippen LogP) is 4.06. The summed E-state index contributed by atoms with van der Waals surface area (Å²) in [6, 6.07) is 17.1. The Morgan fingerprint density at radius 3 is 2.36 bits per heavy atom. The number of rotatable bonds is 4. The number of carboxylic acid groups (broad SMARTS) is 1. The molecule has 3 rings (SSSR count). The van der Waals surface area contributed by atoms with Gasteiger partial charge >= 0.3 is 5.97 Å². The Morgan fingerprint density at radius 1 is 1.00 bits per heavy atom. The third-order valence-electron chi connectivity index (χ3n) is 3.56. The van der Waals surface area contributed by atoms with Crippen LogP contribution in [0.2, 0.25) is 0 Å². The first-order valence-electron chi connectivity index (χ1n) is 6.86. The molecule has 0 radical (unpaired) electrons. The highest BCUT2D eigenvalue weighted by molar-refractivity contribution is 6.01. The molecule has 0 bridgehead atoms. The van der Waals surface area contributed by atoms with Crippen molar-refractivity contribution in [1.29, 1.82) is 0 Å². The number of H-pyrrole nitrogens is 1. The topological polar surface area (TPSA) is 62.3 Å². The van der Waals surface area contributed by atoms with Crippen LogP contribution in [-0.4, -0.2) is 23.2 Å². The fourth-order valence-corrected chi connectivity index (χ4v) is 2.57. The molecule has 2 N–H and O–H groups in total. The summed E-state index contributed by atoms with van der Waals surface area (Å²) in [5.74, 6) is -0.357. The quantitative estimate of drug-likeness (QED) is 0.762. The lowest BCUT2D eigenvalue weighted by Gasteiger charge is -2.11. The smallest absolute Gasteiger partial charge is 0.352 e. The average molecular weight is 293 g/mol. The van der Waals surface area contributed by atoms with Crippen molar-refractivity contribution < 1.29 is 14.6 Å². The van der Waals surface area contributed by atoms with Crippen molar-refractivity contribution >= 4 is 5.97 Å². The van der Waals surface area contributed by atoms with Crippen molar-refractivity contribution in [2.75, 3.05) is 7.11 Å². The number of para-hydroxylation sites is 1. The number of carboxylic acids is 1. The van der Waals surface area contributed by atoms with E-state index in [0.717, 1.165) is 16.7 Å². The lowest BCUT2D eigenvalue weighted by atomic mass is 9.96. The van der Waals surface area contributed by atoms with Crippen LogP contribution in [0, 0.1) is 0 Å². The van der Waals surface area contributed by atoms with Crippen LogP contribution in [0.4, 0.5) is 0 Å². The summed E-state index contributed by atoms with van der Waals surface area (Å²) in [5.41, 5.74) is 3.33. The maximum absolute atomic E-state index is 11.6. The van der Waals surface area contributed by atoms with Crippen molar-refractivity contribution in [3.05, 3.63) is 66.5 Å². The van der Waals surface area contributed by atoms with Crippen LogP contribution in [0.25, 0.3) is 22.3 Å². The van der Waals surface area contributed by atoms with Crippen LogP contribution in [0.5, 0.6) is 5.75 Å². The van der Waals surface area contributed by atoms with Gasteiger partial charge in [-0.15, -0.1) is 0 Å². The number of aromatic nitrogens is 1. The Labute approximate surface area is 128 Å². The molecule has 0 fully saturated rings. The van der Waals surface area contributed by atoms with E-state index in [4.69, 9.17) is 4.74 Å². The van der Waals surface area contributed by atoms with Gasteiger partial charge in [0, 0.05) is 22.9 Å². The van der Waals surface area contributed by atoms with Gasteiger partial charge < -0.3 is 14.8 Å². The molecule has 0 amide bonds. The summed E-state index contributed by atoms with van der Waals surface area (Å²) in [6.45, 7) is 0. The number of nitrogens with one attached hydrogen (secondary N) is 1. The maximum atomic E-state index is 11.6. The minimum absolute atomic E-state index is 0.156. The van der Waals surface area contributed by atoms with E-state index < -0.39 is 5.97 Å². The minimum atomic E-state index is -0.997. The molecule has 0 aliphatic heterocycles. The molecule has 0 saturated heterocycles. The van der Waals surface area contributed by atoms with Crippen molar-refractivity contribution in [3.8, 4) is 28.0 Å². The van der Waals surface area contributed by atoms with Gasteiger partial charge in [0.05, 0.1) is 7.11 Å². The molecule has 0 spiro atoms. The molecule has 3 aromatic rings.